The molecule has 45 heavy (non-hydrogen) atoms. The van der Waals surface area contributed by atoms with Gasteiger partial charge >= 0.3 is 0 Å². The van der Waals surface area contributed by atoms with E-state index in [1.165, 1.54) is 18.6 Å². The van der Waals surface area contributed by atoms with Gasteiger partial charge in [-0.3, -0.25) is 14.3 Å². The van der Waals surface area contributed by atoms with Gasteiger partial charge in [-0.2, -0.15) is 0 Å². The smallest absolute Gasteiger partial charge is 0.271 e. The van der Waals surface area contributed by atoms with E-state index in [1.807, 2.05) is 20.9 Å². The van der Waals surface area contributed by atoms with Gasteiger partial charge in [0.25, 0.3) is 15.9 Å². The van der Waals surface area contributed by atoms with E-state index in [-0.39, 0.29) is 64.5 Å². The molecular weight excluding hydrogens is 615 g/mol. The molecule has 2 aromatic rings. The van der Waals surface area contributed by atoms with Crippen LogP contribution < -0.4 is 9.46 Å². The minimum absolute atomic E-state index is 0.0504. The predicted molar refractivity (Wildman–Crippen MR) is 176 cm³/mol. The lowest BCUT2D eigenvalue weighted by Gasteiger charge is -2.36. The molecule has 4 rings (SSSR count). The molecule has 0 radical (unpaired) electrons. The van der Waals surface area contributed by atoms with Crippen LogP contribution in [-0.4, -0.2) is 86.7 Å². The number of aliphatic hydroxyl groups is 1. The molecule has 2 heterocycles. The van der Waals surface area contributed by atoms with Gasteiger partial charge in [0.2, 0.25) is 5.91 Å². The average Bonchev–Trinajstić information content (AvgIpc) is 3.59. The monoisotopic (exact) mass is 663 g/mol. The Morgan fingerprint density at radius 2 is 1.87 bits per heavy atom. The summed E-state index contributed by atoms with van der Waals surface area (Å²) >= 11 is 1.10. The molecule has 2 amide bonds. The van der Waals surface area contributed by atoms with Crippen molar-refractivity contribution in [3.8, 4) is 5.75 Å². The third-order valence-electron chi connectivity index (χ3n) is 8.85. The molecule has 1 aromatic carbocycles. The van der Waals surface area contributed by atoms with Crippen molar-refractivity contribution in [2.45, 2.75) is 94.6 Å². The average molecular weight is 664 g/mol. The van der Waals surface area contributed by atoms with Crippen molar-refractivity contribution in [1.29, 1.82) is 0 Å². The van der Waals surface area contributed by atoms with E-state index >= 15 is 0 Å². The molecule has 0 bridgehead atoms. The first-order valence-electron chi connectivity index (χ1n) is 16.2. The summed E-state index contributed by atoms with van der Waals surface area (Å²) in [6.45, 7) is 6.66. The molecule has 1 aliphatic carbocycles. The van der Waals surface area contributed by atoms with E-state index in [0.717, 1.165) is 56.3 Å². The Hall–Kier alpha value is -2.67. The molecule has 2 aliphatic rings. The van der Waals surface area contributed by atoms with Crippen LogP contribution in [0.3, 0.4) is 0 Å². The van der Waals surface area contributed by atoms with Crippen LogP contribution in [0.4, 0.5) is 5.69 Å². The molecule has 0 unspecified atom stereocenters. The number of aliphatic hydroxyl groups excluding tert-OH is 1. The van der Waals surface area contributed by atoms with Crippen molar-refractivity contribution in [1.82, 2.24) is 9.80 Å². The van der Waals surface area contributed by atoms with Crippen LogP contribution >= 0.6 is 11.3 Å². The highest BCUT2D eigenvalue weighted by Gasteiger charge is 2.32. The van der Waals surface area contributed by atoms with E-state index in [0.29, 0.717) is 18.9 Å². The number of hydrogen-bond donors (Lipinski definition) is 2. The maximum Gasteiger partial charge on any atom is 0.271 e. The van der Waals surface area contributed by atoms with E-state index in [4.69, 9.17) is 9.47 Å². The van der Waals surface area contributed by atoms with E-state index in [1.54, 1.807) is 40.3 Å². The minimum atomic E-state index is -3.84. The van der Waals surface area contributed by atoms with Crippen LogP contribution in [0, 0.1) is 11.8 Å². The summed E-state index contributed by atoms with van der Waals surface area (Å²) in [6.07, 6.45) is 7.08. The number of fused-ring (bicyclic) bond motifs is 1. The molecule has 2 N–H and O–H groups in total. The van der Waals surface area contributed by atoms with Crippen LogP contribution in [0.5, 0.6) is 5.75 Å². The van der Waals surface area contributed by atoms with Gasteiger partial charge in [-0.05, 0) is 75.6 Å². The van der Waals surface area contributed by atoms with Crippen molar-refractivity contribution in [2.75, 3.05) is 38.1 Å². The fourth-order valence-electron chi connectivity index (χ4n) is 6.09. The maximum atomic E-state index is 14.3. The summed E-state index contributed by atoms with van der Waals surface area (Å²) < 4.78 is 41.4. The highest BCUT2D eigenvalue weighted by atomic mass is 32.2. The lowest BCUT2D eigenvalue weighted by atomic mass is 9.88. The summed E-state index contributed by atoms with van der Waals surface area (Å²) in [7, 11) is -2.00. The topological polar surface area (TPSA) is 125 Å². The second-order valence-corrected chi connectivity index (χ2v) is 15.5. The number of carbonyl (C=O) groups excluding carboxylic acids is 2. The number of hydrogen-bond acceptors (Lipinski definition) is 8. The first kappa shape index (κ1) is 35.2. The number of likely N-dealkylation sites (N-methyl/N-ethyl adjacent to an activating group) is 1. The lowest BCUT2D eigenvalue weighted by molar-refractivity contribution is -0.137. The van der Waals surface area contributed by atoms with Gasteiger partial charge in [-0.1, -0.05) is 32.3 Å². The van der Waals surface area contributed by atoms with E-state index in [9.17, 15) is 23.1 Å². The van der Waals surface area contributed by atoms with Crippen LogP contribution in [0.15, 0.2) is 39.9 Å². The first-order valence-corrected chi connectivity index (χ1v) is 18.5. The van der Waals surface area contributed by atoms with Crippen LogP contribution in [0.1, 0.15) is 82.5 Å². The fraction of sp³-hybridized carbons (Fsp3) is 0.636. The number of sulfonamides is 1. The molecule has 250 valence electrons. The molecule has 1 fully saturated rings. The molecule has 12 heteroatoms. The van der Waals surface area contributed by atoms with Crippen LogP contribution in [0.2, 0.25) is 0 Å². The van der Waals surface area contributed by atoms with Gasteiger partial charge in [0, 0.05) is 44.3 Å². The maximum absolute atomic E-state index is 14.3. The Morgan fingerprint density at radius 1 is 1.13 bits per heavy atom. The van der Waals surface area contributed by atoms with Gasteiger partial charge in [0.15, 0.2) is 0 Å². The van der Waals surface area contributed by atoms with Crippen LogP contribution in [0.25, 0.3) is 0 Å². The Kier molecular flexibility index (Phi) is 12.7. The molecular formula is C33H49N3O7S2. The summed E-state index contributed by atoms with van der Waals surface area (Å²) in [5.74, 6) is 0.00651. The number of carbonyl (C=O) groups is 2. The summed E-state index contributed by atoms with van der Waals surface area (Å²) in [5, 5.41) is 11.9. The van der Waals surface area contributed by atoms with Crippen molar-refractivity contribution in [2.24, 2.45) is 11.8 Å². The standard InChI is InChI=1S/C33H49N3O7S2/c1-23-20-36(24(2)22-37)33(39)28-19-27(34-45(40,41)31-14-10-18-44-31)15-16-29(28)43-25(3)11-8-9-17-42-30(23)21-35(4)32(38)26-12-6-5-7-13-26/h10,14-16,18-19,23-26,30,34,37H,5-9,11-13,17,20-22H2,1-4H3/t23-,24-,25-,30-/m0/s1. The number of ether oxygens (including phenoxy) is 2. The molecule has 10 nitrogen and oxygen atoms in total. The summed E-state index contributed by atoms with van der Waals surface area (Å²) in [6, 6.07) is 7.38. The molecule has 1 aromatic heterocycles. The summed E-state index contributed by atoms with van der Waals surface area (Å²) in [5.41, 5.74) is 0.446. The molecule has 0 saturated heterocycles. The Morgan fingerprint density at radius 3 is 2.56 bits per heavy atom. The predicted octanol–water partition coefficient (Wildman–Crippen LogP) is 5.38. The van der Waals surface area contributed by atoms with Crippen molar-refractivity contribution < 1.29 is 32.6 Å². The van der Waals surface area contributed by atoms with E-state index < -0.39 is 16.1 Å². The van der Waals surface area contributed by atoms with Crippen LogP contribution in [-0.2, 0) is 19.6 Å². The third kappa shape index (κ3) is 9.43. The van der Waals surface area contributed by atoms with E-state index in [2.05, 4.69) is 4.72 Å². The Bertz CT molecular complexity index is 1360. The number of nitrogens with zero attached hydrogens (tertiary/aromatic N) is 2. The zero-order chi connectivity index (χ0) is 32.6. The quantitative estimate of drug-likeness (QED) is 0.388. The van der Waals surface area contributed by atoms with Gasteiger partial charge in [-0.25, -0.2) is 8.42 Å². The van der Waals surface area contributed by atoms with Crippen molar-refractivity contribution in [3.63, 3.8) is 0 Å². The number of amides is 2. The van der Waals surface area contributed by atoms with Gasteiger partial charge < -0.3 is 24.4 Å². The minimum Gasteiger partial charge on any atom is -0.490 e. The molecule has 1 aliphatic heterocycles. The Balaban J connectivity index is 1.63. The highest BCUT2D eigenvalue weighted by Crippen LogP contribution is 2.30. The van der Waals surface area contributed by atoms with Gasteiger partial charge in [0.1, 0.15) is 9.96 Å². The SMILES string of the molecule is C[C@H]1CCCCO[C@@H](CN(C)C(=O)C2CCCCC2)[C@@H](C)CN([C@@H](C)CO)C(=O)c2cc(NS(=O)(=O)c3cccs3)ccc2O1. The largest absolute Gasteiger partial charge is 0.490 e. The number of nitrogens with one attached hydrogen (secondary N) is 1. The zero-order valence-electron chi connectivity index (χ0n) is 26.9. The lowest BCUT2D eigenvalue weighted by Crippen LogP contribution is -2.48. The fourth-order valence-corrected chi connectivity index (χ4v) is 8.13. The molecule has 0 spiro atoms. The summed E-state index contributed by atoms with van der Waals surface area (Å²) in [4.78, 5) is 31.0. The van der Waals surface area contributed by atoms with Gasteiger partial charge in [-0.15, -0.1) is 11.3 Å². The normalized spacial score (nSPS) is 23.4. The second kappa shape index (κ2) is 16.2. The second-order valence-electron chi connectivity index (χ2n) is 12.6. The van der Waals surface area contributed by atoms with Crippen molar-refractivity contribution in [3.05, 3.63) is 41.3 Å². The highest BCUT2D eigenvalue weighted by molar-refractivity contribution is 7.94. The zero-order valence-corrected chi connectivity index (χ0v) is 28.6. The number of rotatable bonds is 8. The van der Waals surface area contributed by atoms with Crippen molar-refractivity contribution >= 4 is 38.9 Å². The third-order valence-corrected chi connectivity index (χ3v) is 11.6. The van der Waals surface area contributed by atoms with Gasteiger partial charge in [0.05, 0.1) is 30.4 Å². The number of thiophene rings is 1. The Labute approximate surface area is 272 Å². The molecule has 1 saturated carbocycles. The number of benzene rings is 1. The molecule has 4 atom stereocenters. The first-order chi connectivity index (χ1) is 21.5. The number of anilines is 1.